The van der Waals surface area contributed by atoms with Crippen LogP contribution in [0.15, 0.2) is 48.5 Å². The van der Waals surface area contributed by atoms with Gasteiger partial charge in [-0.3, -0.25) is 30.9 Å². The van der Waals surface area contributed by atoms with Crippen molar-refractivity contribution >= 4 is 34.9 Å². The van der Waals surface area contributed by atoms with E-state index >= 15 is 0 Å². The van der Waals surface area contributed by atoms with E-state index in [4.69, 9.17) is 18.9 Å². The van der Waals surface area contributed by atoms with Crippen LogP contribution in [0.5, 0.6) is 0 Å². The lowest BCUT2D eigenvalue weighted by atomic mass is 9.81. The Bertz CT molecular complexity index is 1190. The molecule has 2 aromatic rings. The average Bonchev–Trinajstić information content (AvgIpc) is 3.06. The van der Waals surface area contributed by atoms with Gasteiger partial charge in [0, 0.05) is 49.9 Å². The second-order valence-corrected chi connectivity index (χ2v) is 11.5. The minimum Gasteiger partial charge on any atom is -0.446 e. The summed E-state index contributed by atoms with van der Waals surface area (Å²) in [7, 11) is 3.46. The molecular weight excluding hydrogens is 600 g/mol. The van der Waals surface area contributed by atoms with Crippen LogP contribution in [0.25, 0.3) is 0 Å². The quantitative estimate of drug-likeness (QED) is 0.191. The summed E-state index contributed by atoms with van der Waals surface area (Å²) in [5.74, 6) is 0. The topological polar surface area (TPSA) is 181 Å². The molecule has 0 radical (unpaired) electrons. The maximum atomic E-state index is 11.9. The lowest BCUT2D eigenvalue weighted by Gasteiger charge is -2.38. The summed E-state index contributed by atoms with van der Waals surface area (Å²) in [6.07, 6.45) is 7.16. The van der Waals surface area contributed by atoms with Gasteiger partial charge in [0.15, 0.2) is 0 Å². The van der Waals surface area contributed by atoms with Gasteiger partial charge >= 0.3 is 12.2 Å². The van der Waals surface area contributed by atoms with Crippen molar-refractivity contribution in [2.45, 2.75) is 101 Å². The molecule has 0 saturated heterocycles. The minimum atomic E-state index is -0.537. The molecule has 2 fully saturated rings. The number of ether oxygens (including phenoxy) is 4. The molecule has 2 saturated carbocycles. The van der Waals surface area contributed by atoms with E-state index in [1.807, 2.05) is 0 Å². The van der Waals surface area contributed by atoms with Crippen LogP contribution in [0, 0.1) is 20.2 Å². The molecule has 0 aromatic heterocycles. The van der Waals surface area contributed by atoms with Gasteiger partial charge in [0.2, 0.25) is 0 Å². The van der Waals surface area contributed by atoms with Gasteiger partial charge in [-0.05, 0) is 88.5 Å². The van der Waals surface area contributed by atoms with Crippen molar-refractivity contribution in [3.05, 3.63) is 68.8 Å². The number of non-ortho nitro benzene ring substituents is 2. The van der Waals surface area contributed by atoms with Crippen molar-refractivity contribution in [1.82, 2.24) is 0 Å². The van der Waals surface area contributed by atoms with Crippen molar-refractivity contribution < 1.29 is 38.4 Å². The first-order valence-electron chi connectivity index (χ1n) is 15.5. The predicted octanol–water partition coefficient (Wildman–Crippen LogP) is 7.76. The number of nitro benzene ring substituents is 2. The molecule has 2 aliphatic carbocycles. The third-order valence-corrected chi connectivity index (χ3v) is 9.04. The first kappa shape index (κ1) is 36.2. The number of nitrogens with one attached hydrogen (secondary N) is 2. The summed E-state index contributed by atoms with van der Waals surface area (Å²) in [4.78, 5) is 44.0. The first-order chi connectivity index (χ1) is 22.0. The summed E-state index contributed by atoms with van der Waals surface area (Å²) in [5, 5.41) is 26.3. The SMILES string of the molecule is CCC1(OC)CCC(OC(=O)Nc2ccc([N+](=O)[O-])cc2)CC1.CCC1(OC)CCC(OC(=O)Nc2ccc([N+](=O)[O-])cc2)CC1. The van der Waals surface area contributed by atoms with Gasteiger partial charge in [-0.1, -0.05) is 13.8 Å². The zero-order valence-corrected chi connectivity index (χ0v) is 26.8. The maximum absolute atomic E-state index is 11.9. The third-order valence-electron chi connectivity index (χ3n) is 9.04. The Morgan fingerprint density at radius 1 is 0.674 bits per heavy atom. The van der Waals surface area contributed by atoms with Crippen molar-refractivity contribution in [3.63, 3.8) is 0 Å². The van der Waals surface area contributed by atoms with E-state index in [1.165, 1.54) is 48.5 Å². The van der Waals surface area contributed by atoms with Crippen molar-refractivity contribution in [3.8, 4) is 0 Å². The second-order valence-electron chi connectivity index (χ2n) is 11.5. The lowest BCUT2D eigenvalue weighted by molar-refractivity contribution is -0.385. The van der Waals surface area contributed by atoms with E-state index in [9.17, 15) is 29.8 Å². The highest BCUT2D eigenvalue weighted by Gasteiger charge is 2.36. The summed E-state index contributed by atoms with van der Waals surface area (Å²) < 4.78 is 22.0. The van der Waals surface area contributed by atoms with Crippen LogP contribution >= 0.6 is 0 Å². The normalized spacial score (nSPS) is 24.0. The standard InChI is InChI=1S/2C16H22N2O5/c2*1-3-16(22-2)10-8-14(9-11-16)23-15(19)17-12-4-6-13(7-5-12)18(20)21/h2*4-7,14H,3,8-11H2,1-2H3,(H,17,19). The molecule has 0 heterocycles. The Morgan fingerprint density at radius 2 is 0.978 bits per heavy atom. The highest BCUT2D eigenvalue weighted by atomic mass is 16.6. The number of amides is 2. The van der Waals surface area contributed by atoms with E-state index in [-0.39, 0.29) is 34.8 Å². The molecule has 0 aliphatic heterocycles. The fraction of sp³-hybridized carbons (Fsp3) is 0.562. The molecule has 14 nitrogen and oxygen atoms in total. The zero-order chi connectivity index (χ0) is 33.7. The molecule has 2 aromatic carbocycles. The van der Waals surface area contributed by atoms with E-state index in [0.29, 0.717) is 11.4 Å². The number of anilines is 2. The summed E-state index contributed by atoms with van der Waals surface area (Å²) in [6.45, 7) is 4.21. The second kappa shape index (κ2) is 16.9. The number of nitro groups is 2. The predicted molar refractivity (Wildman–Crippen MR) is 171 cm³/mol. The van der Waals surface area contributed by atoms with Crippen LogP contribution in [0.3, 0.4) is 0 Å². The van der Waals surface area contributed by atoms with Crippen molar-refractivity contribution in [2.75, 3.05) is 24.9 Å². The summed E-state index contributed by atoms with van der Waals surface area (Å²) in [5.41, 5.74) is 0.717. The molecule has 4 rings (SSSR count). The van der Waals surface area contributed by atoms with Gasteiger partial charge in [0.1, 0.15) is 12.2 Å². The third kappa shape index (κ3) is 10.4. The molecule has 2 amide bonds. The molecule has 2 N–H and O–H groups in total. The van der Waals surface area contributed by atoms with Crippen LogP contribution in [0.2, 0.25) is 0 Å². The number of rotatable bonds is 10. The van der Waals surface area contributed by atoms with E-state index in [0.717, 1.165) is 64.2 Å². The van der Waals surface area contributed by atoms with Gasteiger partial charge in [-0.15, -0.1) is 0 Å². The van der Waals surface area contributed by atoms with Crippen LogP contribution in [-0.4, -0.2) is 59.7 Å². The zero-order valence-electron chi connectivity index (χ0n) is 26.8. The number of carbonyl (C=O) groups is 2. The average molecular weight is 645 g/mol. The van der Waals surface area contributed by atoms with Gasteiger partial charge < -0.3 is 18.9 Å². The molecule has 0 atom stereocenters. The first-order valence-corrected chi connectivity index (χ1v) is 15.5. The van der Waals surface area contributed by atoms with Gasteiger partial charge in [-0.2, -0.15) is 0 Å². The number of benzene rings is 2. The highest BCUT2D eigenvalue weighted by molar-refractivity contribution is 5.85. The number of nitrogens with zero attached hydrogens (tertiary/aromatic N) is 2. The molecule has 0 unspecified atom stereocenters. The Hall–Kier alpha value is -4.30. The minimum absolute atomic E-state index is 0.0216. The fourth-order valence-corrected chi connectivity index (χ4v) is 5.80. The molecular formula is C32H44N4O10. The van der Waals surface area contributed by atoms with E-state index in [1.54, 1.807) is 14.2 Å². The molecule has 14 heteroatoms. The highest BCUT2D eigenvalue weighted by Crippen LogP contribution is 2.36. The molecule has 2 aliphatic rings. The van der Waals surface area contributed by atoms with Crippen molar-refractivity contribution in [1.29, 1.82) is 0 Å². The molecule has 252 valence electrons. The van der Waals surface area contributed by atoms with Crippen molar-refractivity contribution in [2.24, 2.45) is 0 Å². The number of carbonyl (C=O) groups excluding carboxylic acids is 2. The van der Waals surface area contributed by atoms with Crippen LogP contribution in [0.1, 0.15) is 78.1 Å². The van der Waals surface area contributed by atoms with Gasteiger partial charge in [-0.25, -0.2) is 9.59 Å². The molecule has 46 heavy (non-hydrogen) atoms. The summed E-state index contributed by atoms with van der Waals surface area (Å²) >= 11 is 0. The van der Waals surface area contributed by atoms with Gasteiger partial charge in [0.25, 0.3) is 11.4 Å². The Morgan fingerprint density at radius 3 is 1.22 bits per heavy atom. The molecule has 0 bridgehead atoms. The van der Waals surface area contributed by atoms with Gasteiger partial charge in [0.05, 0.1) is 21.0 Å². The smallest absolute Gasteiger partial charge is 0.411 e. The Kier molecular flexibility index (Phi) is 13.2. The van der Waals surface area contributed by atoms with Crippen LogP contribution in [-0.2, 0) is 18.9 Å². The number of hydrogen-bond donors (Lipinski definition) is 2. The maximum Gasteiger partial charge on any atom is 0.411 e. The number of hydrogen-bond acceptors (Lipinski definition) is 10. The van der Waals surface area contributed by atoms with Crippen LogP contribution < -0.4 is 10.6 Å². The van der Waals surface area contributed by atoms with Crippen LogP contribution in [0.4, 0.5) is 32.3 Å². The van der Waals surface area contributed by atoms with E-state index < -0.39 is 22.0 Å². The lowest BCUT2D eigenvalue weighted by Crippen LogP contribution is -2.38. The Labute approximate surface area is 268 Å². The fourth-order valence-electron chi connectivity index (χ4n) is 5.80. The molecule has 0 spiro atoms. The monoisotopic (exact) mass is 644 g/mol. The number of methoxy groups -OCH3 is 2. The Balaban J connectivity index is 0.000000250. The largest absolute Gasteiger partial charge is 0.446 e. The van der Waals surface area contributed by atoms with E-state index in [2.05, 4.69) is 24.5 Å². The summed E-state index contributed by atoms with van der Waals surface area (Å²) in [6, 6.07) is 11.3.